The van der Waals surface area contributed by atoms with Gasteiger partial charge in [-0.15, -0.1) is 10.2 Å². The van der Waals surface area contributed by atoms with Crippen LogP contribution in [-0.4, -0.2) is 79.9 Å². The molecule has 1 aromatic carbocycles. The first kappa shape index (κ1) is 25.9. The lowest BCUT2D eigenvalue weighted by atomic mass is 10.0. The summed E-state index contributed by atoms with van der Waals surface area (Å²) in [6.45, 7) is 6.34. The van der Waals surface area contributed by atoms with Gasteiger partial charge in [0.1, 0.15) is 19.0 Å². The van der Waals surface area contributed by atoms with Crippen LogP contribution in [0.3, 0.4) is 0 Å². The fourth-order valence-corrected chi connectivity index (χ4v) is 4.25. The Hall–Kier alpha value is -4.17. The highest BCUT2D eigenvalue weighted by Gasteiger charge is 2.26. The fourth-order valence-electron chi connectivity index (χ4n) is 4.25. The molecule has 0 aliphatic carbocycles. The van der Waals surface area contributed by atoms with Crippen molar-refractivity contribution in [3.05, 3.63) is 70.8 Å². The van der Waals surface area contributed by atoms with Gasteiger partial charge < -0.3 is 9.64 Å². The van der Waals surface area contributed by atoms with E-state index in [0.717, 1.165) is 29.9 Å². The molecule has 10 nitrogen and oxygen atoms in total. The second-order valence-corrected chi connectivity index (χ2v) is 8.86. The molecule has 0 bridgehead atoms. The van der Waals surface area contributed by atoms with Crippen molar-refractivity contribution in [3.8, 4) is 11.8 Å². The average Bonchev–Trinajstić information content (AvgIpc) is 3.31. The summed E-state index contributed by atoms with van der Waals surface area (Å²) in [6.07, 6.45) is 4.96. The zero-order chi connectivity index (χ0) is 26.2. The largest absolute Gasteiger partial charge is 0.489 e. The number of hydrogen-bond donors (Lipinski definition) is 0. The van der Waals surface area contributed by atoms with Crippen molar-refractivity contribution in [2.45, 2.75) is 33.0 Å². The molecule has 0 spiro atoms. The number of aromatic nitrogens is 5. The number of rotatable bonds is 9. The van der Waals surface area contributed by atoms with E-state index in [-0.39, 0.29) is 18.6 Å². The van der Waals surface area contributed by atoms with Crippen LogP contribution in [0, 0.1) is 18.3 Å². The second-order valence-electron chi connectivity index (χ2n) is 8.86. The van der Waals surface area contributed by atoms with E-state index < -0.39 is 6.67 Å². The number of halogens is 1. The molecule has 1 saturated heterocycles. The maximum atomic E-state index is 13.0. The van der Waals surface area contributed by atoms with Crippen LogP contribution in [0.15, 0.2) is 42.6 Å². The van der Waals surface area contributed by atoms with Crippen molar-refractivity contribution >= 4 is 12.0 Å². The van der Waals surface area contributed by atoms with Crippen LogP contribution in [0.2, 0.25) is 0 Å². The molecule has 0 N–H and O–H groups in total. The van der Waals surface area contributed by atoms with Crippen LogP contribution in [0.4, 0.5) is 4.39 Å². The van der Waals surface area contributed by atoms with E-state index in [2.05, 4.69) is 31.4 Å². The Balaban J connectivity index is 1.36. The lowest BCUT2D eigenvalue weighted by Gasteiger charge is -2.39. The molecule has 0 unspecified atom stereocenters. The third kappa shape index (κ3) is 6.95. The van der Waals surface area contributed by atoms with E-state index in [1.54, 1.807) is 43.5 Å². The zero-order valence-electron chi connectivity index (χ0n) is 20.9. The number of aryl methyl sites for hydroxylation is 1. The highest BCUT2D eigenvalue weighted by atomic mass is 19.1. The van der Waals surface area contributed by atoms with E-state index in [0.29, 0.717) is 36.8 Å². The Morgan fingerprint density at radius 1 is 1.27 bits per heavy atom. The summed E-state index contributed by atoms with van der Waals surface area (Å²) >= 11 is 0. The normalized spacial score (nSPS) is 16.2. The molecular weight excluding hydrogens is 475 g/mol. The molecule has 2 aromatic heterocycles. The van der Waals surface area contributed by atoms with Crippen LogP contribution < -0.4 is 4.74 Å². The number of alkyl halides is 1. The Kier molecular flexibility index (Phi) is 8.53. The van der Waals surface area contributed by atoms with Crippen molar-refractivity contribution in [3.63, 3.8) is 0 Å². The lowest BCUT2D eigenvalue weighted by Crippen LogP contribution is -2.53. The lowest BCUT2D eigenvalue weighted by molar-refractivity contribution is -0.130. The molecule has 192 valence electrons. The summed E-state index contributed by atoms with van der Waals surface area (Å²) in [6, 6.07) is 11.2. The molecule has 11 heteroatoms. The molecule has 0 radical (unpaired) electrons. The summed E-state index contributed by atoms with van der Waals surface area (Å²) in [4.78, 5) is 23.0. The van der Waals surface area contributed by atoms with Gasteiger partial charge in [-0.05, 0) is 60.5 Å². The van der Waals surface area contributed by atoms with Crippen LogP contribution in [0.1, 0.15) is 35.1 Å². The van der Waals surface area contributed by atoms with Gasteiger partial charge in [0.2, 0.25) is 5.91 Å². The van der Waals surface area contributed by atoms with E-state index >= 15 is 0 Å². The summed E-state index contributed by atoms with van der Waals surface area (Å²) < 4.78 is 17.5. The number of carbonyl (C=O) groups excluding carboxylic acids is 1. The maximum absolute atomic E-state index is 13.0. The van der Waals surface area contributed by atoms with E-state index in [4.69, 9.17) is 4.74 Å². The first-order chi connectivity index (χ1) is 17.9. The minimum atomic E-state index is -0.535. The van der Waals surface area contributed by atoms with Gasteiger partial charge in [-0.2, -0.15) is 10.1 Å². The predicted octanol–water partition coefficient (Wildman–Crippen LogP) is 2.39. The molecule has 1 fully saturated rings. The molecular formula is C26H29FN8O2. The first-order valence-electron chi connectivity index (χ1n) is 12.1. The third-order valence-corrected chi connectivity index (χ3v) is 6.07. The summed E-state index contributed by atoms with van der Waals surface area (Å²) in [5.41, 5.74) is 3.06. The Morgan fingerprint density at radius 2 is 2.14 bits per heavy atom. The van der Waals surface area contributed by atoms with Crippen molar-refractivity contribution < 1.29 is 13.9 Å². The minimum absolute atomic E-state index is 0.0220. The number of pyridine rings is 1. The number of nitriles is 1. The number of tetrazole rings is 1. The quantitative estimate of drug-likeness (QED) is 0.408. The molecule has 1 aliphatic heterocycles. The van der Waals surface area contributed by atoms with Crippen LogP contribution in [-0.2, 0) is 17.9 Å². The maximum Gasteiger partial charge on any atom is 0.246 e. The van der Waals surface area contributed by atoms with Gasteiger partial charge in [-0.3, -0.25) is 14.7 Å². The minimum Gasteiger partial charge on any atom is -0.489 e. The van der Waals surface area contributed by atoms with Crippen LogP contribution >= 0.6 is 0 Å². The molecule has 0 saturated carbocycles. The highest BCUT2D eigenvalue weighted by molar-refractivity contribution is 5.92. The van der Waals surface area contributed by atoms with Gasteiger partial charge in [-0.1, -0.05) is 6.07 Å². The van der Waals surface area contributed by atoms with Gasteiger partial charge in [0.05, 0.1) is 30.1 Å². The van der Waals surface area contributed by atoms with Crippen molar-refractivity contribution in [2.24, 2.45) is 0 Å². The number of nitrogens with zero attached hydrogens (tertiary/aromatic N) is 8. The zero-order valence-corrected chi connectivity index (χ0v) is 20.9. The molecule has 1 amide bonds. The van der Waals surface area contributed by atoms with E-state index in [1.807, 2.05) is 24.0 Å². The van der Waals surface area contributed by atoms with Gasteiger partial charge in [0, 0.05) is 38.3 Å². The number of amides is 1. The number of carbonyl (C=O) groups is 1. The number of ether oxygens (including phenoxy) is 1. The van der Waals surface area contributed by atoms with Crippen molar-refractivity contribution in [2.75, 3.05) is 32.9 Å². The van der Waals surface area contributed by atoms with Crippen LogP contribution in [0.5, 0.6) is 5.75 Å². The number of benzene rings is 1. The predicted molar refractivity (Wildman–Crippen MR) is 134 cm³/mol. The van der Waals surface area contributed by atoms with Gasteiger partial charge in [0.25, 0.3) is 0 Å². The van der Waals surface area contributed by atoms with Crippen LogP contribution in [0.25, 0.3) is 6.08 Å². The Labute approximate surface area is 215 Å². The van der Waals surface area contributed by atoms with E-state index in [1.165, 1.54) is 4.80 Å². The monoisotopic (exact) mass is 504 g/mol. The molecule has 1 atom stereocenters. The number of piperazine rings is 1. The fraction of sp³-hybridized carbons (Fsp3) is 0.385. The molecule has 37 heavy (non-hydrogen) atoms. The van der Waals surface area contributed by atoms with Crippen molar-refractivity contribution in [1.82, 2.24) is 35.0 Å². The standard InChI is InChI=1S/C26H29FN8O2/c1-19-16-33(18-24-6-7-25(15-29-24)37-12-9-27)10-11-34(19)26(36)8-5-22-4-3-21(14-28)13-23(22)17-35-31-20(2)30-32-35/h3-8,13,15,19H,9-12,16-18H2,1-2H3/t19-/m1/s1. The smallest absolute Gasteiger partial charge is 0.246 e. The summed E-state index contributed by atoms with van der Waals surface area (Å²) in [7, 11) is 0. The first-order valence-corrected chi connectivity index (χ1v) is 12.1. The van der Waals surface area contributed by atoms with Gasteiger partial charge in [-0.25, -0.2) is 4.39 Å². The second kappa shape index (κ2) is 12.2. The van der Waals surface area contributed by atoms with Gasteiger partial charge in [0.15, 0.2) is 5.82 Å². The molecule has 3 aromatic rings. The Morgan fingerprint density at radius 3 is 2.81 bits per heavy atom. The van der Waals surface area contributed by atoms with Gasteiger partial charge >= 0.3 is 0 Å². The topological polar surface area (TPSA) is 113 Å². The average molecular weight is 505 g/mol. The number of hydrogen-bond acceptors (Lipinski definition) is 8. The molecule has 3 heterocycles. The molecule has 4 rings (SSSR count). The SMILES string of the molecule is Cc1nnn(Cc2cc(C#N)ccc2C=CC(=O)N2CCN(Cc3ccc(OCCF)cn3)C[C@H]2C)n1. The molecule has 1 aliphatic rings. The highest BCUT2D eigenvalue weighted by Crippen LogP contribution is 2.18. The van der Waals surface area contributed by atoms with Crippen molar-refractivity contribution in [1.29, 1.82) is 5.26 Å². The van der Waals surface area contributed by atoms with E-state index in [9.17, 15) is 14.4 Å². The Bertz CT molecular complexity index is 1280. The summed E-state index contributed by atoms with van der Waals surface area (Å²) in [5.74, 6) is 1.05. The third-order valence-electron chi connectivity index (χ3n) is 6.07. The summed E-state index contributed by atoms with van der Waals surface area (Å²) in [5, 5.41) is 21.4.